The Balaban J connectivity index is 1.77. The predicted molar refractivity (Wildman–Crippen MR) is 71.8 cm³/mol. The van der Waals surface area contributed by atoms with Crippen LogP contribution in [-0.2, 0) is 11.3 Å². The van der Waals surface area contributed by atoms with Crippen molar-refractivity contribution in [3.8, 4) is 0 Å². The van der Waals surface area contributed by atoms with Gasteiger partial charge in [0.1, 0.15) is 0 Å². The molecule has 2 aliphatic rings. The van der Waals surface area contributed by atoms with Gasteiger partial charge in [0, 0.05) is 29.9 Å². The number of anilines is 1. The number of amides is 2. The molecule has 1 unspecified atom stereocenters. The van der Waals surface area contributed by atoms with Crippen molar-refractivity contribution in [1.29, 1.82) is 0 Å². The zero-order chi connectivity index (χ0) is 13.2. The molecule has 0 saturated carbocycles. The number of nitrogens with one attached hydrogen (secondary N) is 3. The van der Waals surface area contributed by atoms with Gasteiger partial charge in [-0.1, -0.05) is 6.07 Å². The minimum absolute atomic E-state index is 0.0228. The Hall–Kier alpha value is -1.88. The molecule has 0 radical (unpaired) electrons. The second-order valence-corrected chi connectivity index (χ2v) is 5.05. The Bertz CT molecular complexity index is 521. The van der Waals surface area contributed by atoms with Crippen LogP contribution < -0.4 is 16.0 Å². The smallest absolute Gasteiger partial charge is 0.251 e. The van der Waals surface area contributed by atoms with Gasteiger partial charge in [0.2, 0.25) is 5.91 Å². The molecule has 2 amide bonds. The van der Waals surface area contributed by atoms with Crippen LogP contribution >= 0.6 is 0 Å². The van der Waals surface area contributed by atoms with Crippen molar-refractivity contribution in [3.05, 3.63) is 29.3 Å². The summed E-state index contributed by atoms with van der Waals surface area (Å²) in [4.78, 5) is 23.8. The summed E-state index contributed by atoms with van der Waals surface area (Å²) in [6.07, 6.45) is 1.95. The first kappa shape index (κ1) is 12.2. The summed E-state index contributed by atoms with van der Waals surface area (Å²) in [7, 11) is 0. The third-order valence-electron chi connectivity index (χ3n) is 3.77. The fourth-order valence-corrected chi connectivity index (χ4v) is 2.68. The minimum atomic E-state index is -0.0644. The summed E-state index contributed by atoms with van der Waals surface area (Å²) in [6.45, 7) is 2.22. The lowest BCUT2D eigenvalue weighted by Crippen LogP contribution is -2.37. The predicted octanol–water partition coefficient (Wildman–Crippen LogP) is 0.868. The van der Waals surface area contributed by atoms with Crippen LogP contribution in [-0.4, -0.2) is 24.9 Å². The van der Waals surface area contributed by atoms with E-state index in [1.165, 1.54) is 0 Å². The van der Waals surface area contributed by atoms with E-state index in [2.05, 4.69) is 16.0 Å². The van der Waals surface area contributed by atoms with E-state index in [0.29, 0.717) is 12.1 Å². The van der Waals surface area contributed by atoms with E-state index in [0.717, 1.165) is 37.2 Å². The van der Waals surface area contributed by atoms with Crippen LogP contribution in [0.3, 0.4) is 0 Å². The normalized spacial score (nSPS) is 21.7. The first-order valence-corrected chi connectivity index (χ1v) is 6.67. The summed E-state index contributed by atoms with van der Waals surface area (Å²) in [5.41, 5.74) is 2.32. The number of fused-ring (bicyclic) bond motifs is 1. The van der Waals surface area contributed by atoms with Gasteiger partial charge in [0.15, 0.2) is 0 Å². The van der Waals surface area contributed by atoms with Gasteiger partial charge in [-0.25, -0.2) is 0 Å². The Labute approximate surface area is 111 Å². The average Bonchev–Trinajstić information content (AvgIpc) is 2.83. The number of benzene rings is 1. The second kappa shape index (κ2) is 5.01. The Kier molecular flexibility index (Phi) is 3.21. The van der Waals surface area contributed by atoms with Crippen molar-refractivity contribution < 1.29 is 9.59 Å². The summed E-state index contributed by atoms with van der Waals surface area (Å²) >= 11 is 0. The van der Waals surface area contributed by atoms with Gasteiger partial charge in [-0.15, -0.1) is 0 Å². The van der Waals surface area contributed by atoms with Crippen molar-refractivity contribution in [2.45, 2.75) is 19.4 Å². The first-order valence-electron chi connectivity index (χ1n) is 6.67. The monoisotopic (exact) mass is 259 g/mol. The lowest BCUT2D eigenvalue weighted by atomic mass is 9.98. The van der Waals surface area contributed by atoms with Crippen molar-refractivity contribution in [2.75, 3.05) is 18.4 Å². The second-order valence-electron chi connectivity index (χ2n) is 5.05. The molecule has 3 N–H and O–H groups in total. The topological polar surface area (TPSA) is 70.2 Å². The van der Waals surface area contributed by atoms with Crippen LogP contribution in [0.1, 0.15) is 28.8 Å². The molecule has 1 saturated heterocycles. The van der Waals surface area contributed by atoms with Crippen LogP contribution in [0.2, 0.25) is 0 Å². The van der Waals surface area contributed by atoms with Gasteiger partial charge in [-0.3, -0.25) is 9.59 Å². The van der Waals surface area contributed by atoms with E-state index >= 15 is 0 Å². The van der Waals surface area contributed by atoms with Gasteiger partial charge >= 0.3 is 0 Å². The summed E-state index contributed by atoms with van der Waals surface area (Å²) < 4.78 is 0. The lowest BCUT2D eigenvalue weighted by Gasteiger charge is -2.22. The van der Waals surface area contributed by atoms with Crippen LogP contribution in [0, 0.1) is 5.92 Å². The van der Waals surface area contributed by atoms with Crippen molar-refractivity contribution in [2.24, 2.45) is 5.92 Å². The molecule has 0 aromatic heterocycles. The van der Waals surface area contributed by atoms with E-state index in [4.69, 9.17) is 0 Å². The number of carbonyl (C=O) groups excluding carboxylic acids is 2. The molecule has 1 fully saturated rings. The van der Waals surface area contributed by atoms with Crippen LogP contribution in [0.25, 0.3) is 0 Å². The van der Waals surface area contributed by atoms with Crippen LogP contribution in [0.15, 0.2) is 18.2 Å². The van der Waals surface area contributed by atoms with E-state index in [-0.39, 0.29) is 17.7 Å². The number of hydrogen-bond donors (Lipinski definition) is 3. The highest BCUT2D eigenvalue weighted by Crippen LogP contribution is 2.25. The minimum Gasteiger partial charge on any atom is -0.348 e. The van der Waals surface area contributed by atoms with Crippen molar-refractivity contribution in [1.82, 2.24) is 10.6 Å². The molecule has 19 heavy (non-hydrogen) atoms. The SMILES string of the molecule is O=C1NCc2c(NC(=O)C3CCCNC3)cccc21. The zero-order valence-corrected chi connectivity index (χ0v) is 10.7. The fraction of sp³-hybridized carbons (Fsp3) is 0.429. The van der Waals surface area contributed by atoms with Gasteiger partial charge in [0.05, 0.1) is 5.92 Å². The molecule has 0 aliphatic carbocycles. The molecular weight excluding hydrogens is 242 g/mol. The van der Waals surface area contributed by atoms with E-state index in [1.807, 2.05) is 6.07 Å². The molecule has 1 atom stereocenters. The average molecular weight is 259 g/mol. The summed E-state index contributed by atoms with van der Waals surface area (Å²) in [5, 5.41) is 8.97. The number of hydrogen-bond acceptors (Lipinski definition) is 3. The van der Waals surface area contributed by atoms with Gasteiger partial charge in [-0.05, 0) is 31.5 Å². The number of piperidine rings is 1. The molecule has 5 nitrogen and oxygen atoms in total. The third-order valence-corrected chi connectivity index (χ3v) is 3.77. The highest BCUT2D eigenvalue weighted by Gasteiger charge is 2.25. The Morgan fingerprint density at radius 3 is 3.05 bits per heavy atom. The van der Waals surface area contributed by atoms with Gasteiger partial charge in [0.25, 0.3) is 5.91 Å². The molecule has 100 valence electrons. The molecule has 0 bridgehead atoms. The summed E-state index contributed by atoms with van der Waals surface area (Å²) in [6, 6.07) is 5.45. The molecule has 5 heteroatoms. The van der Waals surface area contributed by atoms with E-state index in [9.17, 15) is 9.59 Å². The molecular formula is C14H17N3O2. The largest absolute Gasteiger partial charge is 0.348 e. The van der Waals surface area contributed by atoms with E-state index < -0.39 is 0 Å². The Morgan fingerprint density at radius 1 is 1.37 bits per heavy atom. The summed E-state index contributed by atoms with van der Waals surface area (Å²) in [5.74, 6) is 0.0000471. The molecule has 2 heterocycles. The highest BCUT2D eigenvalue weighted by atomic mass is 16.2. The third kappa shape index (κ3) is 2.33. The zero-order valence-electron chi connectivity index (χ0n) is 10.7. The molecule has 1 aromatic rings. The Morgan fingerprint density at radius 2 is 2.26 bits per heavy atom. The van der Waals surface area contributed by atoms with Gasteiger partial charge in [-0.2, -0.15) is 0 Å². The molecule has 0 spiro atoms. The fourth-order valence-electron chi connectivity index (χ4n) is 2.68. The highest BCUT2D eigenvalue weighted by molar-refractivity contribution is 6.02. The van der Waals surface area contributed by atoms with Crippen molar-refractivity contribution >= 4 is 17.5 Å². The van der Waals surface area contributed by atoms with E-state index in [1.54, 1.807) is 12.1 Å². The number of rotatable bonds is 2. The first-order chi connectivity index (χ1) is 9.25. The molecule has 2 aliphatic heterocycles. The number of carbonyl (C=O) groups is 2. The molecule has 1 aromatic carbocycles. The quantitative estimate of drug-likeness (QED) is 0.738. The maximum Gasteiger partial charge on any atom is 0.251 e. The maximum atomic E-state index is 12.2. The lowest BCUT2D eigenvalue weighted by molar-refractivity contribution is -0.120. The maximum absolute atomic E-state index is 12.2. The van der Waals surface area contributed by atoms with Gasteiger partial charge < -0.3 is 16.0 Å². The van der Waals surface area contributed by atoms with Crippen molar-refractivity contribution in [3.63, 3.8) is 0 Å². The van der Waals surface area contributed by atoms with Crippen LogP contribution in [0.4, 0.5) is 5.69 Å². The molecule has 3 rings (SSSR count). The van der Waals surface area contributed by atoms with Crippen LogP contribution in [0.5, 0.6) is 0 Å². The standard InChI is InChI=1S/C14H17N3O2/c18-13(9-3-2-6-15-7-9)17-12-5-1-4-10-11(12)8-16-14(10)19/h1,4-5,9,15H,2-3,6-8H2,(H,16,19)(H,17,18).